The van der Waals surface area contributed by atoms with Crippen LogP contribution in [0.4, 0.5) is 11.4 Å². The van der Waals surface area contributed by atoms with Gasteiger partial charge in [0.15, 0.2) is 0 Å². The number of anilines is 1. The number of nitro groups is 1. The third-order valence-electron chi connectivity index (χ3n) is 3.29. The zero-order valence-electron chi connectivity index (χ0n) is 12.7. The molecule has 0 aliphatic carbocycles. The topological polar surface area (TPSA) is 151 Å². The molecule has 2 rings (SSSR count). The Hall–Kier alpha value is -3.24. The summed E-state index contributed by atoms with van der Waals surface area (Å²) in [5, 5.41) is 21.2. The highest BCUT2D eigenvalue weighted by Gasteiger charge is 2.24. The van der Waals surface area contributed by atoms with Crippen LogP contribution in [0.15, 0.2) is 12.4 Å². The molecule has 122 valence electrons. The molecule has 23 heavy (non-hydrogen) atoms. The van der Waals surface area contributed by atoms with Gasteiger partial charge in [0.2, 0.25) is 5.91 Å². The Morgan fingerprint density at radius 2 is 2.13 bits per heavy atom. The van der Waals surface area contributed by atoms with Crippen molar-refractivity contribution in [3.8, 4) is 0 Å². The lowest BCUT2D eigenvalue weighted by Crippen LogP contribution is -2.26. The first-order chi connectivity index (χ1) is 10.7. The van der Waals surface area contributed by atoms with E-state index in [1.165, 1.54) is 42.7 Å². The van der Waals surface area contributed by atoms with Crippen molar-refractivity contribution < 1.29 is 14.5 Å². The fourth-order valence-electron chi connectivity index (χ4n) is 2.03. The van der Waals surface area contributed by atoms with Gasteiger partial charge >= 0.3 is 5.69 Å². The second kappa shape index (κ2) is 5.87. The lowest BCUT2D eigenvalue weighted by molar-refractivity contribution is -0.385. The summed E-state index contributed by atoms with van der Waals surface area (Å²) in [6.07, 6.45) is 2.47. The molecule has 2 heterocycles. The van der Waals surface area contributed by atoms with Gasteiger partial charge in [0.1, 0.15) is 23.6 Å². The maximum atomic E-state index is 12.3. The molecule has 11 heteroatoms. The van der Waals surface area contributed by atoms with Crippen LogP contribution in [0, 0.1) is 17.0 Å². The van der Waals surface area contributed by atoms with Crippen LogP contribution in [-0.2, 0) is 11.8 Å². The molecular formula is C12H15N7O4. The molecule has 0 aromatic carbocycles. The van der Waals surface area contributed by atoms with Gasteiger partial charge in [-0.1, -0.05) is 0 Å². The number of aromatic nitrogens is 4. The molecule has 0 spiro atoms. The van der Waals surface area contributed by atoms with Crippen molar-refractivity contribution in [1.82, 2.24) is 19.6 Å². The minimum atomic E-state index is -0.830. The number of nitrogens with two attached hydrogens (primary N) is 1. The average molecular weight is 321 g/mol. The van der Waals surface area contributed by atoms with E-state index in [1.807, 2.05) is 0 Å². The lowest BCUT2D eigenvalue weighted by Gasteiger charge is -2.12. The summed E-state index contributed by atoms with van der Waals surface area (Å²) in [4.78, 5) is 33.9. The first-order valence-corrected chi connectivity index (χ1v) is 6.55. The summed E-state index contributed by atoms with van der Waals surface area (Å²) in [5.41, 5.74) is 5.47. The van der Waals surface area contributed by atoms with Crippen molar-refractivity contribution >= 4 is 23.2 Å². The Kier molecular flexibility index (Phi) is 4.12. The summed E-state index contributed by atoms with van der Waals surface area (Å²) < 4.78 is 2.43. The zero-order valence-corrected chi connectivity index (χ0v) is 12.7. The lowest BCUT2D eigenvalue weighted by atomic mass is 10.3. The van der Waals surface area contributed by atoms with Crippen LogP contribution in [0.3, 0.4) is 0 Å². The van der Waals surface area contributed by atoms with E-state index in [9.17, 15) is 19.7 Å². The number of hydrogen-bond acceptors (Lipinski definition) is 6. The first kappa shape index (κ1) is 16.1. The summed E-state index contributed by atoms with van der Waals surface area (Å²) in [6, 6.07) is -0.830. The Labute approximate surface area is 130 Å². The number of carbonyl (C=O) groups is 2. The fraction of sp³-hybridized carbons (Fsp3) is 0.333. The van der Waals surface area contributed by atoms with Gasteiger partial charge in [-0.25, -0.2) is 0 Å². The molecule has 2 aromatic heterocycles. The summed E-state index contributed by atoms with van der Waals surface area (Å²) in [7, 11) is 1.51. The normalized spacial score (nSPS) is 12.0. The van der Waals surface area contributed by atoms with E-state index < -0.39 is 22.8 Å². The van der Waals surface area contributed by atoms with E-state index in [-0.39, 0.29) is 22.8 Å². The van der Waals surface area contributed by atoms with Crippen LogP contribution in [0.1, 0.15) is 29.1 Å². The highest BCUT2D eigenvalue weighted by atomic mass is 16.6. The molecule has 0 aliphatic rings. The summed E-state index contributed by atoms with van der Waals surface area (Å²) >= 11 is 0. The Bertz CT molecular complexity index is 791. The summed E-state index contributed by atoms with van der Waals surface area (Å²) in [6.45, 7) is 3.00. The number of amides is 2. The van der Waals surface area contributed by atoms with Crippen molar-refractivity contribution in [3.05, 3.63) is 33.9 Å². The maximum Gasteiger partial charge on any atom is 0.309 e. The Morgan fingerprint density at radius 3 is 2.65 bits per heavy atom. The number of primary amides is 1. The van der Waals surface area contributed by atoms with E-state index in [0.29, 0.717) is 0 Å². The first-order valence-electron chi connectivity index (χ1n) is 6.55. The number of hydrogen-bond donors (Lipinski definition) is 2. The average Bonchev–Trinajstić information content (AvgIpc) is 3.01. The number of rotatable bonds is 5. The fourth-order valence-corrected chi connectivity index (χ4v) is 2.03. The van der Waals surface area contributed by atoms with Crippen LogP contribution in [0.5, 0.6) is 0 Å². The third-order valence-corrected chi connectivity index (χ3v) is 3.29. The van der Waals surface area contributed by atoms with Crippen LogP contribution in [0.25, 0.3) is 0 Å². The molecule has 0 aliphatic heterocycles. The second-order valence-corrected chi connectivity index (χ2v) is 4.90. The molecule has 0 saturated carbocycles. The van der Waals surface area contributed by atoms with Gasteiger partial charge in [-0.3, -0.25) is 29.1 Å². The van der Waals surface area contributed by atoms with Crippen LogP contribution in [0.2, 0.25) is 0 Å². The van der Waals surface area contributed by atoms with Crippen LogP contribution in [-0.4, -0.2) is 36.3 Å². The number of aryl methyl sites for hydroxylation is 2. The maximum absolute atomic E-state index is 12.3. The van der Waals surface area contributed by atoms with Gasteiger partial charge in [0, 0.05) is 7.05 Å². The minimum Gasteiger partial charge on any atom is -0.364 e. The number of nitrogens with one attached hydrogen (secondary N) is 1. The van der Waals surface area contributed by atoms with Gasteiger partial charge in [-0.05, 0) is 13.8 Å². The molecule has 0 saturated heterocycles. The quantitative estimate of drug-likeness (QED) is 0.590. The predicted octanol–water partition coefficient (Wildman–Crippen LogP) is 0.132. The molecule has 1 unspecified atom stereocenters. The van der Waals surface area contributed by atoms with Crippen molar-refractivity contribution in [2.24, 2.45) is 12.8 Å². The molecular weight excluding hydrogens is 306 g/mol. The molecule has 3 N–H and O–H groups in total. The Morgan fingerprint density at radius 1 is 1.48 bits per heavy atom. The number of nitrogens with zero attached hydrogens (tertiary/aromatic N) is 5. The van der Waals surface area contributed by atoms with Crippen molar-refractivity contribution in [2.75, 3.05) is 5.32 Å². The molecule has 2 aromatic rings. The van der Waals surface area contributed by atoms with Crippen LogP contribution >= 0.6 is 0 Å². The molecule has 0 radical (unpaired) electrons. The zero-order chi connectivity index (χ0) is 17.3. The highest BCUT2D eigenvalue weighted by Crippen LogP contribution is 2.20. The summed E-state index contributed by atoms with van der Waals surface area (Å²) in [5.74, 6) is -1.25. The predicted molar refractivity (Wildman–Crippen MR) is 78.7 cm³/mol. The monoisotopic (exact) mass is 321 g/mol. The van der Waals surface area contributed by atoms with Crippen LogP contribution < -0.4 is 11.1 Å². The largest absolute Gasteiger partial charge is 0.364 e. The van der Waals surface area contributed by atoms with Crippen molar-refractivity contribution in [2.45, 2.75) is 19.9 Å². The van der Waals surface area contributed by atoms with Crippen molar-refractivity contribution in [1.29, 1.82) is 0 Å². The molecule has 0 fully saturated rings. The SMILES string of the molecule is Cc1nn(C(C)C(=O)Nc2cnn(C)c2C(N)=O)cc1[N+](=O)[O-]. The van der Waals surface area contributed by atoms with Gasteiger partial charge in [0.25, 0.3) is 5.91 Å². The minimum absolute atomic E-state index is 0.0492. The Balaban J connectivity index is 2.23. The third kappa shape index (κ3) is 3.02. The number of carbonyl (C=O) groups excluding carboxylic acids is 2. The molecule has 0 bridgehead atoms. The van der Waals surface area contributed by atoms with E-state index in [2.05, 4.69) is 15.5 Å². The standard InChI is InChI=1S/C12H15N7O4/c1-6-9(19(22)23)5-18(16-6)7(2)12(21)15-8-4-14-17(3)10(8)11(13)20/h4-5,7H,1-3H3,(H2,13,20)(H,15,21). The van der Waals surface area contributed by atoms with E-state index >= 15 is 0 Å². The van der Waals surface area contributed by atoms with Gasteiger partial charge < -0.3 is 11.1 Å². The van der Waals surface area contributed by atoms with Gasteiger partial charge in [0.05, 0.1) is 16.8 Å². The highest BCUT2D eigenvalue weighted by molar-refractivity contribution is 6.02. The van der Waals surface area contributed by atoms with Gasteiger partial charge in [-0.15, -0.1) is 0 Å². The van der Waals surface area contributed by atoms with E-state index in [1.54, 1.807) is 0 Å². The van der Waals surface area contributed by atoms with E-state index in [4.69, 9.17) is 5.73 Å². The van der Waals surface area contributed by atoms with Gasteiger partial charge in [-0.2, -0.15) is 10.2 Å². The van der Waals surface area contributed by atoms with Crippen molar-refractivity contribution in [3.63, 3.8) is 0 Å². The molecule has 1 atom stereocenters. The smallest absolute Gasteiger partial charge is 0.309 e. The second-order valence-electron chi connectivity index (χ2n) is 4.90. The van der Waals surface area contributed by atoms with E-state index in [0.717, 1.165) is 0 Å². The molecule has 2 amide bonds. The molecule has 11 nitrogen and oxygen atoms in total.